The van der Waals surface area contributed by atoms with Crippen LogP contribution >= 0.6 is 23.2 Å². The molecule has 0 aromatic heterocycles. The molecule has 0 aliphatic heterocycles. The largest absolute Gasteiger partial charge is 0.380 e. The smallest absolute Gasteiger partial charge is 0.0641 e. The lowest BCUT2D eigenvalue weighted by Crippen LogP contribution is -2.01. The van der Waals surface area contributed by atoms with Crippen molar-refractivity contribution >= 4 is 39.7 Å². The zero-order chi connectivity index (χ0) is 14.8. The van der Waals surface area contributed by atoms with Crippen LogP contribution in [-0.2, 0) is 6.54 Å². The Labute approximate surface area is 134 Å². The van der Waals surface area contributed by atoms with Crippen LogP contribution in [0.3, 0.4) is 0 Å². The number of aryl methyl sites for hydroxylation is 1. The predicted octanol–water partition coefficient (Wildman–Crippen LogP) is 6.07. The molecule has 0 amide bonds. The van der Waals surface area contributed by atoms with Crippen LogP contribution in [0.2, 0.25) is 10.0 Å². The highest BCUT2D eigenvalue weighted by Crippen LogP contribution is 2.29. The topological polar surface area (TPSA) is 12.0 Å². The maximum atomic E-state index is 6.26. The minimum absolute atomic E-state index is 0.692. The van der Waals surface area contributed by atoms with Gasteiger partial charge in [-0.15, -0.1) is 0 Å². The average Bonchev–Trinajstić information content (AvgIpc) is 2.49. The molecule has 1 N–H and O–H groups in total. The van der Waals surface area contributed by atoms with E-state index in [1.165, 1.54) is 16.3 Å². The quantitative estimate of drug-likeness (QED) is 0.618. The van der Waals surface area contributed by atoms with Crippen LogP contribution in [0.25, 0.3) is 10.8 Å². The van der Waals surface area contributed by atoms with Crippen molar-refractivity contribution in [3.63, 3.8) is 0 Å². The van der Waals surface area contributed by atoms with Gasteiger partial charge >= 0.3 is 0 Å². The van der Waals surface area contributed by atoms with E-state index >= 15 is 0 Å². The molecule has 0 unspecified atom stereocenters. The number of benzene rings is 3. The Morgan fingerprint density at radius 3 is 2.52 bits per heavy atom. The Kier molecular flexibility index (Phi) is 4.05. The van der Waals surface area contributed by atoms with Gasteiger partial charge in [0.05, 0.1) is 10.7 Å². The molecule has 3 heteroatoms. The normalized spacial score (nSPS) is 10.8. The Morgan fingerprint density at radius 1 is 0.905 bits per heavy atom. The number of hydrogen-bond acceptors (Lipinski definition) is 1. The maximum absolute atomic E-state index is 6.26. The second-order valence-corrected chi connectivity index (χ2v) is 5.89. The standard InChI is InChI=1S/C18H15Cl2N/c1-12-9-17(20)18(10-16(12)19)21-11-14-7-4-6-13-5-2-3-8-15(13)14/h2-10,21H,11H2,1H3. The van der Waals surface area contributed by atoms with Gasteiger partial charge in [0, 0.05) is 11.6 Å². The Morgan fingerprint density at radius 2 is 1.67 bits per heavy atom. The lowest BCUT2D eigenvalue weighted by atomic mass is 10.0. The van der Waals surface area contributed by atoms with Crippen LogP contribution in [0.1, 0.15) is 11.1 Å². The highest BCUT2D eigenvalue weighted by molar-refractivity contribution is 6.35. The monoisotopic (exact) mass is 315 g/mol. The fourth-order valence-electron chi connectivity index (χ4n) is 2.42. The van der Waals surface area contributed by atoms with Crippen molar-refractivity contribution in [2.75, 3.05) is 5.32 Å². The van der Waals surface area contributed by atoms with E-state index in [2.05, 4.69) is 47.8 Å². The Hall–Kier alpha value is -1.70. The Balaban J connectivity index is 1.89. The molecule has 0 spiro atoms. The molecule has 0 heterocycles. The minimum Gasteiger partial charge on any atom is -0.380 e. The van der Waals surface area contributed by atoms with E-state index in [1.807, 2.05) is 19.1 Å². The van der Waals surface area contributed by atoms with Gasteiger partial charge in [0.2, 0.25) is 0 Å². The minimum atomic E-state index is 0.692. The number of halogens is 2. The average molecular weight is 316 g/mol. The first-order valence-corrected chi connectivity index (χ1v) is 7.57. The second kappa shape index (κ2) is 5.97. The van der Waals surface area contributed by atoms with Crippen LogP contribution in [0.4, 0.5) is 5.69 Å². The number of rotatable bonds is 3. The predicted molar refractivity (Wildman–Crippen MR) is 92.5 cm³/mol. The molecular weight excluding hydrogens is 301 g/mol. The number of hydrogen-bond donors (Lipinski definition) is 1. The highest BCUT2D eigenvalue weighted by Gasteiger charge is 2.06. The summed E-state index contributed by atoms with van der Waals surface area (Å²) in [5.74, 6) is 0. The van der Waals surface area contributed by atoms with Crippen LogP contribution in [0.5, 0.6) is 0 Å². The molecule has 21 heavy (non-hydrogen) atoms. The molecule has 0 saturated carbocycles. The van der Waals surface area contributed by atoms with E-state index in [1.54, 1.807) is 0 Å². The lowest BCUT2D eigenvalue weighted by molar-refractivity contribution is 1.17. The second-order valence-electron chi connectivity index (χ2n) is 5.07. The van der Waals surface area contributed by atoms with Crippen LogP contribution in [0, 0.1) is 6.92 Å². The van der Waals surface area contributed by atoms with Crippen molar-refractivity contribution in [2.24, 2.45) is 0 Å². The number of nitrogens with one attached hydrogen (secondary N) is 1. The first-order chi connectivity index (χ1) is 10.1. The van der Waals surface area contributed by atoms with Gasteiger partial charge in [-0.05, 0) is 41.0 Å². The van der Waals surface area contributed by atoms with E-state index in [0.717, 1.165) is 16.3 Å². The molecule has 3 aromatic rings. The van der Waals surface area contributed by atoms with Gasteiger partial charge in [0.25, 0.3) is 0 Å². The molecular formula is C18H15Cl2N. The summed E-state index contributed by atoms with van der Waals surface area (Å²) < 4.78 is 0. The van der Waals surface area contributed by atoms with Crippen molar-refractivity contribution in [3.05, 3.63) is 75.8 Å². The van der Waals surface area contributed by atoms with Gasteiger partial charge in [-0.1, -0.05) is 65.7 Å². The summed E-state index contributed by atoms with van der Waals surface area (Å²) in [5, 5.41) is 7.28. The zero-order valence-electron chi connectivity index (χ0n) is 11.7. The van der Waals surface area contributed by atoms with E-state index in [-0.39, 0.29) is 0 Å². The molecule has 1 nitrogen and oxygen atoms in total. The summed E-state index contributed by atoms with van der Waals surface area (Å²) in [6.07, 6.45) is 0. The molecule has 0 aliphatic carbocycles. The van der Waals surface area contributed by atoms with Crippen LogP contribution < -0.4 is 5.32 Å². The molecule has 0 saturated heterocycles. The van der Waals surface area contributed by atoms with Crippen molar-refractivity contribution in [2.45, 2.75) is 13.5 Å². The fraction of sp³-hybridized carbons (Fsp3) is 0.111. The maximum Gasteiger partial charge on any atom is 0.0641 e. The summed E-state index contributed by atoms with van der Waals surface area (Å²) in [6, 6.07) is 18.4. The number of fused-ring (bicyclic) bond motifs is 1. The molecule has 3 aromatic carbocycles. The summed E-state index contributed by atoms with van der Waals surface area (Å²) in [4.78, 5) is 0. The molecule has 0 bridgehead atoms. The third kappa shape index (κ3) is 2.99. The summed E-state index contributed by atoms with van der Waals surface area (Å²) >= 11 is 12.4. The van der Waals surface area contributed by atoms with Crippen LogP contribution in [0.15, 0.2) is 54.6 Å². The van der Waals surface area contributed by atoms with E-state index in [9.17, 15) is 0 Å². The summed E-state index contributed by atoms with van der Waals surface area (Å²) in [6.45, 7) is 2.66. The van der Waals surface area contributed by atoms with Gasteiger partial charge in [0.15, 0.2) is 0 Å². The van der Waals surface area contributed by atoms with E-state index < -0.39 is 0 Å². The molecule has 106 valence electrons. The van der Waals surface area contributed by atoms with Crippen molar-refractivity contribution < 1.29 is 0 Å². The van der Waals surface area contributed by atoms with Crippen molar-refractivity contribution in [1.29, 1.82) is 0 Å². The van der Waals surface area contributed by atoms with Gasteiger partial charge < -0.3 is 5.32 Å². The van der Waals surface area contributed by atoms with E-state index in [0.29, 0.717) is 11.6 Å². The fourth-order valence-corrected chi connectivity index (χ4v) is 2.87. The molecule has 3 rings (SSSR count). The van der Waals surface area contributed by atoms with Crippen molar-refractivity contribution in [3.8, 4) is 0 Å². The first kappa shape index (κ1) is 14.2. The molecule has 0 atom stereocenters. The van der Waals surface area contributed by atoms with Gasteiger partial charge in [-0.25, -0.2) is 0 Å². The zero-order valence-corrected chi connectivity index (χ0v) is 13.2. The highest BCUT2D eigenvalue weighted by atomic mass is 35.5. The Bertz CT molecular complexity index is 791. The van der Waals surface area contributed by atoms with Crippen LogP contribution in [-0.4, -0.2) is 0 Å². The molecule has 0 radical (unpaired) electrons. The van der Waals surface area contributed by atoms with E-state index in [4.69, 9.17) is 23.2 Å². The van der Waals surface area contributed by atoms with Gasteiger partial charge in [0.1, 0.15) is 0 Å². The third-order valence-corrected chi connectivity index (χ3v) is 4.32. The van der Waals surface area contributed by atoms with Gasteiger partial charge in [-0.2, -0.15) is 0 Å². The molecule has 0 aliphatic rings. The number of anilines is 1. The summed E-state index contributed by atoms with van der Waals surface area (Å²) in [5.41, 5.74) is 3.08. The van der Waals surface area contributed by atoms with Crippen molar-refractivity contribution in [1.82, 2.24) is 0 Å². The third-order valence-electron chi connectivity index (χ3n) is 3.60. The van der Waals surface area contributed by atoms with Gasteiger partial charge in [-0.3, -0.25) is 0 Å². The summed E-state index contributed by atoms with van der Waals surface area (Å²) in [7, 11) is 0. The first-order valence-electron chi connectivity index (χ1n) is 6.81. The lowest BCUT2D eigenvalue weighted by Gasteiger charge is -2.12. The molecule has 0 fully saturated rings. The SMILES string of the molecule is Cc1cc(Cl)c(NCc2cccc3ccccc23)cc1Cl.